The van der Waals surface area contributed by atoms with E-state index in [2.05, 4.69) is 10.6 Å². The number of likely N-dealkylation sites (N-methyl/N-ethyl adjacent to an activating group) is 1. The van der Waals surface area contributed by atoms with Crippen molar-refractivity contribution < 1.29 is 22.8 Å². The van der Waals surface area contributed by atoms with Crippen LogP contribution in [0.2, 0.25) is 0 Å². The molecule has 8 nitrogen and oxygen atoms in total. The molecule has 2 saturated heterocycles. The number of halogens is 3. The number of fused-ring (bicyclic) bond motifs is 1. The summed E-state index contributed by atoms with van der Waals surface area (Å²) in [4.78, 5) is 34.3. The van der Waals surface area contributed by atoms with E-state index in [-0.39, 0.29) is 51.4 Å². The third kappa shape index (κ3) is 6.07. The Morgan fingerprint density at radius 2 is 1.80 bits per heavy atom. The van der Waals surface area contributed by atoms with Crippen LogP contribution in [-0.2, 0) is 4.79 Å². The molecule has 4 aliphatic heterocycles. The first-order chi connectivity index (χ1) is 21.0. The molecule has 0 spiro atoms. The molecule has 1 aromatic carbocycles. The summed E-state index contributed by atoms with van der Waals surface area (Å²) >= 11 is 5.59. The SMILES string of the molecule is CCN1C=C(/C=C2\CN(CC)c3c(cc(F)c(N4CCNC(C)C4)c3F)C2=O)C(=O)C(=S)/C1=C\C(=C(/C)F)N1CCNCC1. The quantitative estimate of drug-likeness (QED) is 0.361. The number of benzene rings is 1. The average molecular weight is 629 g/mol. The lowest BCUT2D eigenvalue weighted by atomic mass is 9.91. The molecule has 0 aromatic heterocycles. The molecule has 5 rings (SSSR count). The van der Waals surface area contributed by atoms with E-state index in [0.717, 1.165) is 6.07 Å². The first-order valence-electron chi connectivity index (χ1n) is 15.2. The number of Topliss-reactive ketones (excluding diaryl/α,β-unsaturated/α-hetero) is 2. The van der Waals surface area contributed by atoms with Crippen LogP contribution in [0.25, 0.3) is 0 Å². The van der Waals surface area contributed by atoms with Gasteiger partial charge < -0.3 is 30.2 Å². The highest BCUT2D eigenvalue weighted by molar-refractivity contribution is 7.82. The van der Waals surface area contributed by atoms with E-state index >= 15 is 8.78 Å². The molecule has 1 aromatic rings. The first kappa shape index (κ1) is 31.9. The van der Waals surface area contributed by atoms with Gasteiger partial charge in [0.15, 0.2) is 11.6 Å². The number of piperazine rings is 2. The fraction of sp³-hybridized carbons (Fsp3) is 0.469. The van der Waals surface area contributed by atoms with Gasteiger partial charge in [-0.2, -0.15) is 0 Å². The van der Waals surface area contributed by atoms with Crippen LogP contribution in [-0.4, -0.2) is 97.7 Å². The van der Waals surface area contributed by atoms with E-state index in [1.807, 2.05) is 25.7 Å². The Morgan fingerprint density at radius 1 is 1.07 bits per heavy atom. The number of anilines is 2. The molecule has 236 valence electrons. The van der Waals surface area contributed by atoms with Gasteiger partial charge in [-0.05, 0) is 45.9 Å². The lowest BCUT2D eigenvalue weighted by Gasteiger charge is -2.37. The van der Waals surface area contributed by atoms with Crippen molar-refractivity contribution in [2.45, 2.75) is 33.7 Å². The zero-order chi connectivity index (χ0) is 31.7. The van der Waals surface area contributed by atoms with Gasteiger partial charge in [0.2, 0.25) is 5.78 Å². The van der Waals surface area contributed by atoms with Gasteiger partial charge in [0, 0.05) is 88.8 Å². The third-order valence-electron chi connectivity index (χ3n) is 8.51. The van der Waals surface area contributed by atoms with Crippen LogP contribution in [0.3, 0.4) is 0 Å². The number of allylic oxidation sites excluding steroid dienone is 5. The summed E-state index contributed by atoms with van der Waals surface area (Å²) in [6.07, 6.45) is 4.69. The van der Waals surface area contributed by atoms with E-state index in [1.165, 1.54) is 13.0 Å². The summed E-state index contributed by atoms with van der Waals surface area (Å²) in [6.45, 7) is 12.1. The Morgan fingerprint density at radius 3 is 2.43 bits per heavy atom. The van der Waals surface area contributed by atoms with Crippen LogP contribution in [0.1, 0.15) is 38.1 Å². The standard InChI is InChI=1S/C32H39F3N6O2S/c1-5-38-17-22(31(43)32(44)26(38)15-25(20(4)33)40-10-7-36-8-11-40)13-21-18-39(6-2)28-23(30(21)42)14-24(34)29(27(28)35)41-12-9-37-19(3)16-41/h13-15,17,19,36-37H,5-12,16,18H2,1-4H3/b21-13+,25-20-,26-15+. The lowest BCUT2D eigenvalue weighted by Crippen LogP contribution is -2.50. The van der Waals surface area contributed by atoms with Crippen molar-refractivity contribution in [1.82, 2.24) is 20.4 Å². The van der Waals surface area contributed by atoms with Gasteiger partial charge in [-0.15, -0.1) is 0 Å². The highest BCUT2D eigenvalue weighted by Crippen LogP contribution is 2.39. The predicted molar refractivity (Wildman–Crippen MR) is 171 cm³/mol. The maximum absolute atomic E-state index is 16.0. The van der Waals surface area contributed by atoms with Crippen LogP contribution in [0.15, 0.2) is 52.8 Å². The summed E-state index contributed by atoms with van der Waals surface area (Å²) in [5.74, 6) is -2.92. The van der Waals surface area contributed by atoms with Gasteiger partial charge in [-0.1, -0.05) is 12.2 Å². The van der Waals surface area contributed by atoms with Crippen molar-refractivity contribution in [3.63, 3.8) is 0 Å². The maximum Gasteiger partial charge on any atom is 0.207 e. The summed E-state index contributed by atoms with van der Waals surface area (Å²) in [5, 5.41) is 6.51. The highest BCUT2D eigenvalue weighted by Gasteiger charge is 2.36. The van der Waals surface area contributed by atoms with Crippen LogP contribution in [0, 0.1) is 11.6 Å². The lowest BCUT2D eigenvalue weighted by molar-refractivity contribution is -0.109. The molecule has 1 unspecified atom stereocenters. The Bertz CT molecular complexity index is 1490. The molecule has 1 atom stereocenters. The zero-order valence-corrected chi connectivity index (χ0v) is 26.4. The van der Waals surface area contributed by atoms with Crippen LogP contribution in [0.4, 0.5) is 24.5 Å². The van der Waals surface area contributed by atoms with E-state index in [1.54, 1.807) is 27.0 Å². The number of thiocarbonyl (C=S) groups is 1. The number of nitrogens with one attached hydrogen (secondary N) is 2. The fourth-order valence-electron chi connectivity index (χ4n) is 6.24. The Hall–Kier alpha value is -3.48. The molecule has 0 radical (unpaired) electrons. The van der Waals surface area contributed by atoms with E-state index < -0.39 is 23.2 Å². The summed E-state index contributed by atoms with van der Waals surface area (Å²) < 4.78 is 46.2. The summed E-state index contributed by atoms with van der Waals surface area (Å²) in [6, 6.07) is 1.18. The van der Waals surface area contributed by atoms with Crippen LogP contribution < -0.4 is 20.4 Å². The van der Waals surface area contributed by atoms with Crippen LogP contribution in [0.5, 0.6) is 0 Å². The van der Waals surface area contributed by atoms with E-state index in [9.17, 15) is 14.0 Å². The second kappa shape index (κ2) is 13.3. The maximum atomic E-state index is 16.0. The van der Waals surface area contributed by atoms with Crippen LogP contribution >= 0.6 is 12.2 Å². The number of ketones is 2. The normalized spacial score (nSPS) is 23.8. The first-order valence-corrected chi connectivity index (χ1v) is 15.6. The second-order valence-electron chi connectivity index (χ2n) is 11.4. The minimum absolute atomic E-state index is 0.0121. The number of carbonyl (C=O) groups is 2. The van der Waals surface area contributed by atoms with E-state index in [0.29, 0.717) is 70.3 Å². The monoisotopic (exact) mass is 628 g/mol. The van der Waals surface area contributed by atoms with Gasteiger partial charge in [0.1, 0.15) is 22.2 Å². The molecule has 0 saturated carbocycles. The number of hydrogen-bond donors (Lipinski definition) is 2. The molecule has 0 aliphatic carbocycles. The van der Waals surface area contributed by atoms with Crippen molar-refractivity contribution in [2.75, 3.05) is 75.2 Å². The highest BCUT2D eigenvalue weighted by atomic mass is 32.1. The molecule has 44 heavy (non-hydrogen) atoms. The van der Waals surface area contributed by atoms with Crippen molar-refractivity contribution >= 4 is 40.0 Å². The van der Waals surface area contributed by atoms with Gasteiger partial charge in [-0.25, -0.2) is 13.2 Å². The predicted octanol–water partition coefficient (Wildman–Crippen LogP) is 3.86. The summed E-state index contributed by atoms with van der Waals surface area (Å²) in [5.41, 5.74) is 1.08. The number of carbonyl (C=O) groups excluding carboxylic acids is 2. The number of nitrogens with zero attached hydrogens (tertiary/aromatic N) is 4. The van der Waals surface area contributed by atoms with Crippen molar-refractivity contribution in [3.8, 4) is 0 Å². The summed E-state index contributed by atoms with van der Waals surface area (Å²) in [7, 11) is 0. The smallest absolute Gasteiger partial charge is 0.207 e. The van der Waals surface area contributed by atoms with Gasteiger partial charge in [0.05, 0.1) is 22.6 Å². The molecule has 12 heteroatoms. The zero-order valence-electron chi connectivity index (χ0n) is 25.6. The van der Waals surface area contributed by atoms with Gasteiger partial charge in [-0.3, -0.25) is 9.59 Å². The topological polar surface area (TPSA) is 71.2 Å². The molecule has 4 aliphatic rings. The van der Waals surface area contributed by atoms with Gasteiger partial charge in [0.25, 0.3) is 0 Å². The third-order valence-corrected chi connectivity index (χ3v) is 8.90. The molecular formula is C32H39F3N6O2S. The van der Waals surface area contributed by atoms with Crippen molar-refractivity contribution in [3.05, 3.63) is 70.0 Å². The van der Waals surface area contributed by atoms with Crippen molar-refractivity contribution in [1.29, 1.82) is 0 Å². The minimum atomic E-state index is -0.793. The fourth-order valence-corrected chi connectivity index (χ4v) is 6.53. The average Bonchev–Trinajstić information content (AvgIpc) is 3.00. The minimum Gasteiger partial charge on any atom is -0.367 e. The Balaban J connectivity index is 1.50. The number of rotatable bonds is 6. The molecule has 2 fully saturated rings. The number of hydrogen-bond acceptors (Lipinski definition) is 9. The molecule has 2 N–H and O–H groups in total. The molecule has 0 amide bonds. The van der Waals surface area contributed by atoms with E-state index in [4.69, 9.17) is 12.2 Å². The molecule has 4 heterocycles. The largest absolute Gasteiger partial charge is 0.367 e. The second-order valence-corrected chi connectivity index (χ2v) is 11.9. The molecule has 0 bridgehead atoms. The molecular weight excluding hydrogens is 589 g/mol. The Labute approximate surface area is 261 Å². The van der Waals surface area contributed by atoms with Crippen molar-refractivity contribution in [2.24, 2.45) is 0 Å². The van der Waals surface area contributed by atoms with Gasteiger partial charge >= 0.3 is 0 Å². The Kier molecular flexibility index (Phi) is 9.62.